The van der Waals surface area contributed by atoms with Crippen LogP contribution in [0.3, 0.4) is 0 Å². The highest BCUT2D eigenvalue weighted by atomic mass is 16.5. The zero-order chi connectivity index (χ0) is 17.9. The van der Waals surface area contributed by atoms with E-state index in [4.69, 9.17) is 20.9 Å². The molecule has 0 heterocycles. The Morgan fingerprint density at radius 1 is 0.957 bits per heavy atom. The van der Waals surface area contributed by atoms with Crippen molar-refractivity contribution in [3.8, 4) is 0 Å². The molecule has 0 amide bonds. The highest BCUT2D eigenvalue weighted by Crippen LogP contribution is 2.30. The average molecular weight is 326 g/mol. The number of rotatable bonds is 10. The van der Waals surface area contributed by atoms with Crippen LogP contribution >= 0.6 is 0 Å². The predicted molar refractivity (Wildman–Crippen MR) is 90.1 cm³/mol. The summed E-state index contributed by atoms with van der Waals surface area (Å²) < 4.78 is 10.6. The maximum atomic E-state index is 11.7. The SMILES string of the molecule is CCCCC(CC)(COC(=O)/C=C(/C)N)COC(=O)/C=C(/C)N. The van der Waals surface area contributed by atoms with E-state index in [0.717, 1.165) is 25.7 Å². The molecule has 0 aliphatic heterocycles. The molecule has 6 nitrogen and oxygen atoms in total. The Bertz CT molecular complexity index is 414. The fourth-order valence-electron chi connectivity index (χ4n) is 2.02. The van der Waals surface area contributed by atoms with E-state index in [1.54, 1.807) is 13.8 Å². The molecule has 0 aromatic heterocycles. The van der Waals surface area contributed by atoms with Crippen molar-refractivity contribution in [1.29, 1.82) is 0 Å². The van der Waals surface area contributed by atoms with Crippen LogP contribution in [-0.2, 0) is 19.1 Å². The lowest BCUT2D eigenvalue weighted by atomic mass is 9.81. The van der Waals surface area contributed by atoms with E-state index in [0.29, 0.717) is 11.4 Å². The van der Waals surface area contributed by atoms with Crippen LogP contribution in [0.2, 0.25) is 0 Å². The Balaban J connectivity index is 4.86. The summed E-state index contributed by atoms with van der Waals surface area (Å²) in [7, 11) is 0. The topological polar surface area (TPSA) is 105 Å². The minimum absolute atomic E-state index is 0.185. The van der Waals surface area contributed by atoms with Gasteiger partial charge in [-0.3, -0.25) is 0 Å². The number of nitrogens with two attached hydrogens (primary N) is 2. The van der Waals surface area contributed by atoms with E-state index < -0.39 is 17.4 Å². The van der Waals surface area contributed by atoms with Crippen molar-refractivity contribution < 1.29 is 19.1 Å². The van der Waals surface area contributed by atoms with Gasteiger partial charge >= 0.3 is 11.9 Å². The largest absolute Gasteiger partial charge is 0.462 e. The molecule has 4 N–H and O–H groups in total. The Morgan fingerprint density at radius 2 is 1.39 bits per heavy atom. The molecule has 0 aromatic carbocycles. The lowest BCUT2D eigenvalue weighted by molar-refractivity contribution is -0.148. The van der Waals surface area contributed by atoms with Crippen LogP contribution in [0.5, 0.6) is 0 Å². The van der Waals surface area contributed by atoms with E-state index in [1.807, 2.05) is 6.92 Å². The van der Waals surface area contributed by atoms with Gasteiger partial charge in [-0.05, 0) is 26.7 Å². The zero-order valence-corrected chi connectivity index (χ0v) is 14.7. The number of carbonyl (C=O) groups is 2. The fraction of sp³-hybridized carbons (Fsp3) is 0.647. The van der Waals surface area contributed by atoms with Crippen molar-refractivity contribution in [2.24, 2.45) is 16.9 Å². The summed E-state index contributed by atoms with van der Waals surface area (Å²) in [6.45, 7) is 7.68. The second-order valence-corrected chi connectivity index (χ2v) is 5.95. The molecule has 0 aromatic rings. The Kier molecular flexibility index (Phi) is 9.78. The quantitative estimate of drug-likeness (QED) is 0.472. The van der Waals surface area contributed by atoms with E-state index in [2.05, 4.69) is 6.92 Å². The highest BCUT2D eigenvalue weighted by Gasteiger charge is 2.31. The number of esters is 2. The van der Waals surface area contributed by atoms with Gasteiger partial charge in [0.25, 0.3) is 0 Å². The van der Waals surface area contributed by atoms with Gasteiger partial charge in [-0.15, -0.1) is 0 Å². The molecule has 0 radical (unpaired) electrons. The molecule has 0 fully saturated rings. The third-order valence-corrected chi connectivity index (χ3v) is 3.54. The van der Waals surface area contributed by atoms with Crippen LogP contribution in [-0.4, -0.2) is 25.2 Å². The summed E-state index contributed by atoms with van der Waals surface area (Å²) in [5.74, 6) is -0.966. The van der Waals surface area contributed by atoms with Crippen LogP contribution in [0.4, 0.5) is 0 Å². The maximum absolute atomic E-state index is 11.7. The van der Waals surface area contributed by atoms with Gasteiger partial charge in [-0.1, -0.05) is 26.7 Å². The molecule has 0 spiro atoms. The predicted octanol–water partition coefficient (Wildman–Crippen LogP) is 2.38. The highest BCUT2D eigenvalue weighted by molar-refractivity contribution is 5.83. The van der Waals surface area contributed by atoms with Gasteiger partial charge in [-0.25, -0.2) is 9.59 Å². The van der Waals surface area contributed by atoms with Crippen molar-refractivity contribution in [2.45, 2.75) is 53.4 Å². The average Bonchev–Trinajstić information content (AvgIpc) is 2.45. The van der Waals surface area contributed by atoms with Crippen LogP contribution in [0.15, 0.2) is 23.5 Å². The number of ether oxygens (including phenoxy) is 2. The molecule has 0 unspecified atom stereocenters. The van der Waals surface area contributed by atoms with E-state index in [9.17, 15) is 9.59 Å². The van der Waals surface area contributed by atoms with Gasteiger partial charge in [0.1, 0.15) is 13.2 Å². The normalized spacial score (nSPS) is 12.9. The summed E-state index contributed by atoms with van der Waals surface area (Å²) in [6, 6.07) is 0. The van der Waals surface area contributed by atoms with Crippen molar-refractivity contribution in [3.63, 3.8) is 0 Å². The molecule has 0 rings (SSSR count). The van der Waals surface area contributed by atoms with Crippen LogP contribution in [0.1, 0.15) is 53.4 Å². The first-order chi connectivity index (χ1) is 10.7. The van der Waals surface area contributed by atoms with Gasteiger partial charge in [0.2, 0.25) is 0 Å². The monoisotopic (exact) mass is 326 g/mol. The number of unbranched alkanes of at least 4 members (excludes halogenated alkanes) is 1. The molecule has 0 aliphatic rings. The lowest BCUT2D eigenvalue weighted by Gasteiger charge is -2.31. The van der Waals surface area contributed by atoms with Crippen molar-refractivity contribution in [2.75, 3.05) is 13.2 Å². The third kappa shape index (κ3) is 9.60. The second-order valence-electron chi connectivity index (χ2n) is 5.95. The van der Waals surface area contributed by atoms with Gasteiger partial charge in [0.05, 0.1) is 0 Å². The molecule has 0 saturated heterocycles. The molecule has 0 bridgehead atoms. The number of hydrogen-bond acceptors (Lipinski definition) is 6. The summed E-state index contributed by atoms with van der Waals surface area (Å²) in [5, 5.41) is 0. The standard InChI is InChI=1S/C17H30N2O4/c1-5-7-8-17(6-2,11-22-15(20)9-13(3)18)12-23-16(21)10-14(4)19/h9-10H,5-8,11-12,18-19H2,1-4H3/b13-9-,14-10-. The first-order valence-electron chi connectivity index (χ1n) is 7.95. The van der Waals surface area contributed by atoms with Crippen molar-refractivity contribution >= 4 is 11.9 Å². The molecule has 132 valence electrons. The van der Waals surface area contributed by atoms with Gasteiger partial charge in [0, 0.05) is 29.0 Å². The van der Waals surface area contributed by atoms with Crippen molar-refractivity contribution in [3.05, 3.63) is 23.5 Å². The second kappa shape index (κ2) is 10.7. The van der Waals surface area contributed by atoms with Gasteiger partial charge in [-0.2, -0.15) is 0 Å². The van der Waals surface area contributed by atoms with E-state index in [1.165, 1.54) is 12.2 Å². The lowest BCUT2D eigenvalue weighted by Crippen LogP contribution is -2.34. The third-order valence-electron chi connectivity index (χ3n) is 3.54. The minimum atomic E-state index is -0.483. The summed E-state index contributed by atoms with van der Waals surface area (Å²) in [4.78, 5) is 23.3. The maximum Gasteiger partial charge on any atom is 0.332 e. The van der Waals surface area contributed by atoms with Crippen LogP contribution < -0.4 is 11.5 Å². The molecule has 0 atom stereocenters. The molecule has 0 saturated carbocycles. The first kappa shape index (κ1) is 21.0. The Labute approximate surface area is 138 Å². The molecule has 0 aliphatic carbocycles. The summed E-state index contributed by atoms with van der Waals surface area (Å²) in [6.07, 6.45) is 5.98. The van der Waals surface area contributed by atoms with E-state index in [-0.39, 0.29) is 13.2 Å². The minimum Gasteiger partial charge on any atom is -0.462 e. The Morgan fingerprint density at radius 3 is 1.70 bits per heavy atom. The molecular weight excluding hydrogens is 296 g/mol. The van der Waals surface area contributed by atoms with Gasteiger partial charge < -0.3 is 20.9 Å². The summed E-state index contributed by atoms with van der Waals surface area (Å²) in [5.41, 5.74) is 11.3. The fourth-order valence-corrected chi connectivity index (χ4v) is 2.02. The van der Waals surface area contributed by atoms with Crippen LogP contribution in [0, 0.1) is 5.41 Å². The van der Waals surface area contributed by atoms with Gasteiger partial charge in [0.15, 0.2) is 0 Å². The van der Waals surface area contributed by atoms with E-state index >= 15 is 0 Å². The smallest absolute Gasteiger partial charge is 0.332 e. The number of carbonyl (C=O) groups excluding carboxylic acids is 2. The molecular formula is C17H30N2O4. The zero-order valence-electron chi connectivity index (χ0n) is 14.7. The van der Waals surface area contributed by atoms with Crippen molar-refractivity contribution in [1.82, 2.24) is 0 Å². The molecule has 6 heteroatoms. The van der Waals surface area contributed by atoms with Crippen LogP contribution in [0.25, 0.3) is 0 Å². The summed E-state index contributed by atoms with van der Waals surface area (Å²) >= 11 is 0. The Hall–Kier alpha value is -1.98. The number of hydrogen-bond donors (Lipinski definition) is 2. The molecule has 23 heavy (non-hydrogen) atoms. The number of allylic oxidation sites excluding steroid dienone is 2. The first-order valence-corrected chi connectivity index (χ1v) is 7.95.